The molecule has 0 saturated heterocycles. The van der Waals surface area contributed by atoms with Gasteiger partial charge in [0.05, 0.1) is 0 Å². The van der Waals surface area contributed by atoms with Crippen LogP contribution in [0.1, 0.15) is 36.1 Å². The molecule has 0 radical (unpaired) electrons. The summed E-state index contributed by atoms with van der Waals surface area (Å²) in [6, 6.07) is 7.07. The van der Waals surface area contributed by atoms with Crippen molar-refractivity contribution < 1.29 is 0 Å². The van der Waals surface area contributed by atoms with Crippen molar-refractivity contribution in [3.63, 3.8) is 0 Å². The van der Waals surface area contributed by atoms with Crippen molar-refractivity contribution >= 4 is 0 Å². The van der Waals surface area contributed by atoms with Gasteiger partial charge in [0.2, 0.25) is 0 Å². The summed E-state index contributed by atoms with van der Waals surface area (Å²) in [6.07, 6.45) is 1.18. The zero-order chi connectivity index (χ0) is 15.1. The number of likely N-dealkylation sites (N-methyl/N-ethyl adjacent to an activating group) is 1. The molecule has 0 aliphatic rings. The lowest BCUT2D eigenvalue weighted by atomic mass is 9.99. The van der Waals surface area contributed by atoms with Crippen molar-refractivity contribution in [3.05, 3.63) is 34.9 Å². The smallest absolute Gasteiger partial charge is 0.0470 e. The summed E-state index contributed by atoms with van der Waals surface area (Å²) < 4.78 is 0. The van der Waals surface area contributed by atoms with Gasteiger partial charge < -0.3 is 10.6 Å². The van der Waals surface area contributed by atoms with Crippen LogP contribution in [-0.4, -0.2) is 50.1 Å². The number of benzene rings is 1. The molecule has 0 bridgehead atoms. The number of nitrogens with zero attached hydrogens (tertiary/aromatic N) is 2. The zero-order valence-electron chi connectivity index (χ0n) is 13.8. The predicted octanol–water partition coefficient (Wildman–Crippen LogP) is 2.58. The van der Waals surface area contributed by atoms with E-state index in [1.807, 2.05) is 0 Å². The lowest BCUT2D eigenvalue weighted by Gasteiger charge is -2.31. The largest absolute Gasteiger partial charge is 0.329 e. The van der Waals surface area contributed by atoms with Crippen molar-refractivity contribution in [1.29, 1.82) is 0 Å². The Labute approximate surface area is 124 Å². The third kappa shape index (κ3) is 4.89. The van der Waals surface area contributed by atoms with Crippen LogP contribution in [0.4, 0.5) is 0 Å². The summed E-state index contributed by atoms with van der Waals surface area (Å²) in [4.78, 5) is 4.73. The van der Waals surface area contributed by atoms with Gasteiger partial charge in [-0.2, -0.15) is 0 Å². The lowest BCUT2D eigenvalue weighted by molar-refractivity contribution is 0.201. The van der Waals surface area contributed by atoms with Gasteiger partial charge in [0.25, 0.3) is 0 Å². The Kier molecular flexibility index (Phi) is 7.20. The van der Waals surface area contributed by atoms with Crippen LogP contribution in [0.2, 0.25) is 0 Å². The van der Waals surface area contributed by atoms with Crippen molar-refractivity contribution in [2.24, 2.45) is 5.73 Å². The fourth-order valence-corrected chi connectivity index (χ4v) is 2.59. The maximum Gasteiger partial charge on any atom is 0.0470 e. The van der Waals surface area contributed by atoms with E-state index in [1.165, 1.54) is 23.1 Å². The van der Waals surface area contributed by atoms with E-state index < -0.39 is 0 Å². The van der Waals surface area contributed by atoms with Gasteiger partial charge >= 0.3 is 0 Å². The highest BCUT2D eigenvalue weighted by molar-refractivity contribution is 5.32. The quantitative estimate of drug-likeness (QED) is 0.793. The van der Waals surface area contributed by atoms with Crippen LogP contribution >= 0.6 is 0 Å². The molecule has 20 heavy (non-hydrogen) atoms. The van der Waals surface area contributed by atoms with Crippen molar-refractivity contribution in [1.82, 2.24) is 9.80 Å². The minimum Gasteiger partial charge on any atom is -0.329 e. The molecule has 0 aromatic heterocycles. The maximum absolute atomic E-state index is 6.05. The number of hydrogen-bond acceptors (Lipinski definition) is 3. The first-order chi connectivity index (χ1) is 9.49. The summed E-state index contributed by atoms with van der Waals surface area (Å²) in [5.41, 5.74) is 10.1. The maximum atomic E-state index is 6.05. The molecule has 3 heteroatoms. The van der Waals surface area contributed by atoms with Crippen molar-refractivity contribution in [3.8, 4) is 0 Å². The first kappa shape index (κ1) is 17.2. The average Bonchev–Trinajstić information content (AvgIpc) is 2.41. The Morgan fingerprint density at radius 2 is 1.80 bits per heavy atom. The van der Waals surface area contributed by atoms with E-state index in [0.717, 1.165) is 19.6 Å². The monoisotopic (exact) mass is 277 g/mol. The molecule has 0 amide bonds. The molecule has 1 aromatic rings. The van der Waals surface area contributed by atoms with E-state index >= 15 is 0 Å². The van der Waals surface area contributed by atoms with Gasteiger partial charge in [-0.3, -0.25) is 4.90 Å². The Hall–Kier alpha value is -0.900. The molecule has 1 rings (SSSR count). The molecule has 1 unspecified atom stereocenters. The Morgan fingerprint density at radius 3 is 2.30 bits per heavy atom. The molecule has 0 spiro atoms. The first-order valence-electron chi connectivity index (χ1n) is 7.65. The molecule has 114 valence electrons. The second-order valence-electron chi connectivity index (χ2n) is 5.88. The molecule has 3 nitrogen and oxygen atoms in total. The van der Waals surface area contributed by atoms with E-state index in [0.29, 0.717) is 12.6 Å². The number of aryl methyl sites for hydroxylation is 2. The molecule has 0 aliphatic heterocycles. The van der Waals surface area contributed by atoms with Crippen molar-refractivity contribution in [2.75, 3.05) is 40.3 Å². The fraction of sp³-hybridized carbons (Fsp3) is 0.647. The van der Waals surface area contributed by atoms with Gasteiger partial charge in [0.1, 0.15) is 0 Å². The zero-order valence-corrected chi connectivity index (χ0v) is 13.8. The number of rotatable bonds is 8. The fourth-order valence-electron chi connectivity index (χ4n) is 2.59. The normalized spacial score (nSPS) is 13.2. The van der Waals surface area contributed by atoms with E-state index in [4.69, 9.17) is 5.73 Å². The highest BCUT2D eigenvalue weighted by atomic mass is 15.2. The lowest BCUT2D eigenvalue weighted by Crippen LogP contribution is -2.35. The van der Waals surface area contributed by atoms with Gasteiger partial charge in [-0.1, -0.05) is 25.1 Å². The minimum absolute atomic E-state index is 0.335. The first-order valence-corrected chi connectivity index (χ1v) is 7.65. The van der Waals surface area contributed by atoms with E-state index in [1.54, 1.807) is 0 Å². The number of nitrogens with two attached hydrogens (primary N) is 1. The van der Waals surface area contributed by atoms with Crippen molar-refractivity contribution in [2.45, 2.75) is 33.2 Å². The molecular weight excluding hydrogens is 246 g/mol. The molecule has 0 fully saturated rings. The summed E-state index contributed by atoms with van der Waals surface area (Å²) in [5.74, 6) is 0. The Bertz CT molecular complexity index is 401. The second-order valence-corrected chi connectivity index (χ2v) is 5.88. The van der Waals surface area contributed by atoms with Crippen LogP contribution in [0.25, 0.3) is 0 Å². The summed E-state index contributed by atoms with van der Waals surface area (Å²) in [5, 5.41) is 0. The number of hydrogen-bond donors (Lipinski definition) is 1. The van der Waals surface area contributed by atoms with Gasteiger partial charge in [0.15, 0.2) is 0 Å². The Balaban J connectivity index is 2.77. The van der Waals surface area contributed by atoms with Gasteiger partial charge in [-0.15, -0.1) is 0 Å². The third-order valence-corrected chi connectivity index (χ3v) is 4.04. The van der Waals surface area contributed by atoms with Crippen LogP contribution in [0.15, 0.2) is 18.2 Å². The summed E-state index contributed by atoms with van der Waals surface area (Å²) >= 11 is 0. The van der Waals surface area contributed by atoms with Gasteiger partial charge in [-0.25, -0.2) is 0 Å². The molecule has 1 aromatic carbocycles. The molecule has 1 atom stereocenters. The molecular formula is C17H31N3. The highest BCUT2D eigenvalue weighted by Crippen LogP contribution is 2.22. The Morgan fingerprint density at radius 1 is 1.10 bits per heavy atom. The summed E-state index contributed by atoms with van der Waals surface area (Å²) in [6.45, 7) is 10.5. The van der Waals surface area contributed by atoms with Crippen LogP contribution in [0.3, 0.4) is 0 Å². The molecule has 0 aliphatic carbocycles. The van der Waals surface area contributed by atoms with Gasteiger partial charge in [0, 0.05) is 19.1 Å². The summed E-state index contributed by atoms with van der Waals surface area (Å²) in [7, 11) is 4.25. The molecule has 2 N–H and O–H groups in total. The average molecular weight is 277 g/mol. The van der Waals surface area contributed by atoms with Crippen LogP contribution in [-0.2, 0) is 0 Å². The second kappa shape index (κ2) is 8.40. The van der Waals surface area contributed by atoms with E-state index in [9.17, 15) is 0 Å². The standard InChI is InChI=1S/C17H31N3/c1-6-20(11-7-10-19(4)5)17(13-18)16-9-8-14(2)15(3)12-16/h8-9,12,17H,6-7,10-11,13,18H2,1-5H3. The van der Waals surface area contributed by atoms with E-state index in [2.05, 4.69) is 62.9 Å². The predicted molar refractivity (Wildman–Crippen MR) is 88.1 cm³/mol. The molecule has 0 heterocycles. The van der Waals surface area contributed by atoms with Crippen LogP contribution in [0, 0.1) is 13.8 Å². The van der Waals surface area contributed by atoms with Gasteiger partial charge in [-0.05, 0) is 64.1 Å². The SMILES string of the molecule is CCN(CCCN(C)C)C(CN)c1ccc(C)c(C)c1. The topological polar surface area (TPSA) is 32.5 Å². The minimum atomic E-state index is 0.335. The van der Waals surface area contributed by atoms with E-state index in [-0.39, 0.29) is 0 Å². The van der Waals surface area contributed by atoms with Crippen LogP contribution < -0.4 is 5.73 Å². The highest BCUT2D eigenvalue weighted by Gasteiger charge is 2.17. The van der Waals surface area contributed by atoms with Crippen LogP contribution in [0.5, 0.6) is 0 Å². The third-order valence-electron chi connectivity index (χ3n) is 4.04. The molecule has 0 saturated carbocycles.